The molecule has 0 aliphatic heterocycles. The number of likely N-dealkylation sites (N-methyl/N-ethyl adjacent to an activating group) is 1. The van der Waals surface area contributed by atoms with Crippen LogP contribution in [0.1, 0.15) is 51.1 Å². The molecular weight excluding hydrogens is 244 g/mol. The van der Waals surface area contributed by atoms with Crippen molar-refractivity contribution in [2.24, 2.45) is 5.92 Å². The van der Waals surface area contributed by atoms with Crippen LogP contribution in [0.3, 0.4) is 0 Å². The van der Waals surface area contributed by atoms with E-state index in [1.54, 1.807) is 0 Å². The fraction of sp³-hybridized carbons (Fsp3) is 0.667. The second-order valence-electron chi connectivity index (χ2n) is 6.83. The molecule has 1 aromatic carbocycles. The van der Waals surface area contributed by atoms with Crippen LogP contribution in [-0.2, 0) is 0 Å². The van der Waals surface area contributed by atoms with Crippen LogP contribution in [0.2, 0.25) is 0 Å². The van der Waals surface area contributed by atoms with E-state index < -0.39 is 0 Å². The molecule has 1 saturated carbocycles. The zero-order chi connectivity index (χ0) is 14.6. The Morgan fingerprint density at radius 2 is 2.00 bits per heavy atom. The Morgan fingerprint density at radius 3 is 2.60 bits per heavy atom. The van der Waals surface area contributed by atoms with Gasteiger partial charge in [-0.1, -0.05) is 50.1 Å². The van der Waals surface area contributed by atoms with Crippen molar-refractivity contribution in [1.29, 1.82) is 0 Å². The van der Waals surface area contributed by atoms with Gasteiger partial charge in [0.2, 0.25) is 0 Å². The third-order valence-corrected chi connectivity index (χ3v) is 5.05. The van der Waals surface area contributed by atoms with Crippen molar-refractivity contribution < 1.29 is 0 Å². The predicted molar refractivity (Wildman–Crippen MR) is 86.9 cm³/mol. The molecule has 0 saturated heterocycles. The minimum atomic E-state index is 0.334. The van der Waals surface area contributed by atoms with Crippen molar-refractivity contribution in [3.05, 3.63) is 35.9 Å². The molecule has 0 aromatic heterocycles. The normalized spacial score (nSPS) is 28.6. The summed E-state index contributed by atoms with van der Waals surface area (Å²) in [7, 11) is 4.49. The first-order chi connectivity index (χ1) is 9.53. The van der Waals surface area contributed by atoms with E-state index in [1.165, 1.54) is 31.2 Å². The van der Waals surface area contributed by atoms with Crippen LogP contribution in [0, 0.1) is 5.92 Å². The van der Waals surface area contributed by atoms with Gasteiger partial charge in [-0.3, -0.25) is 0 Å². The van der Waals surface area contributed by atoms with E-state index in [1.807, 2.05) is 0 Å². The largest absolute Gasteiger partial charge is 0.308 e. The van der Waals surface area contributed by atoms with Crippen molar-refractivity contribution in [2.45, 2.75) is 51.1 Å². The van der Waals surface area contributed by atoms with E-state index in [9.17, 15) is 0 Å². The molecule has 0 bridgehead atoms. The van der Waals surface area contributed by atoms with E-state index in [4.69, 9.17) is 0 Å². The summed E-state index contributed by atoms with van der Waals surface area (Å²) in [6, 6.07) is 11.2. The van der Waals surface area contributed by atoms with Gasteiger partial charge < -0.3 is 10.2 Å². The number of hydrogen-bond donors (Lipinski definition) is 1. The summed E-state index contributed by atoms with van der Waals surface area (Å²) in [5.74, 6) is 0.847. The summed E-state index contributed by atoms with van der Waals surface area (Å²) in [6.07, 6.45) is 5.39. The first-order valence-electron chi connectivity index (χ1n) is 7.99. The van der Waals surface area contributed by atoms with Crippen LogP contribution < -0.4 is 5.32 Å². The predicted octanol–water partition coefficient (Wildman–Crippen LogP) is 3.85. The summed E-state index contributed by atoms with van der Waals surface area (Å²) in [5, 5.41) is 3.77. The summed E-state index contributed by atoms with van der Waals surface area (Å²) in [5.41, 5.74) is 1.71. The van der Waals surface area contributed by atoms with Gasteiger partial charge in [-0.25, -0.2) is 0 Å². The monoisotopic (exact) mass is 274 g/mol. The molecule has 2 heteroatoms. The molecule has 3 unspecified atom stereocenters. The average Bonchev–Trinajstić information content (AvgIpc) is 2.45. The zero-order valence-corrected chi connectivity index (χ0v) is 13.5. The average molecular weight is 274 g/mol. The summed E-state index contributed by atoms with van der Waals surface area (Å²) >= 11 is 0. The summed E-state index contributed by atoms with van der Waals surface area (Å²) < 4.78 is 0. The highest BCUT2D eigenvalue weighted by atomic mass is 15.2. The highest BCUT2D eigenvalue weighted by Crippen LogP contribution is 2.35. The van der Waals surface area contributed by atoms with Gasteiger partial charge in [-0.05, 0) is 45.3 Å². The van der Waals surface area contributed by atoms with Gasteiger partial charge >= 0.3 is 0 Å². The van der Waals surface area contributed by atoms with Crippen LogP contribution in [-0.4, -0.2) is 31.1 Å². The molecule has 1 aliphatic carbocycles. The fourth-order valence-corrected chi connectivity index (χ4v) is 3.56. The standard InChI is InChI=1S/C18H30N2/c1-15-9-8-12-18(13-15,20(3)4)14-19-16(2)17-10-6-5-7-11-17/h5-7,10-11,15-16,19H,8-9,12-14H2,1-4H3. The second kappa shape index (κ2) is 6.73. The molecule has 2 nitrogen and oxygen atoms in total. The van der Waals surface area contributed by atoms with Crippen LogP contribution in [0.25, 0.3) is 0 Å². The van der Waals surface area contributed by atoms with Crippen molar-refractivity contribution in [3.63, 3.8) is 0 Å². The fourth-order valence-electron chi connectivity index (χ4n) is 3.56. The number of nitrogens with zero attached hydrogens (tertiary/aromatic N) is 1. The highest BCUT2D eigenvalue weighted by molar-refractivity contribution is 5.18. The maximum Gasteiger partial charge on any atom is 0.0330 e. The Hall–Kier alpha value is -0.860. The SMILES string of the molecule is CC1CCCC(CNC(C)c2ccccc2)(N(C)C)C1. The van der Waals surface area contributed by atoms with Crippen molar-refractivity contribution >= 4 is 0 Å². The van der Waals surface area contributed by atoms with Gasteiger partial charge in [0, 0.05) is 18.1 Å². The van der Waals surface area contributed by atoms with Gasteiger partial charge in [0.15, 0.2) is 0 Å². The molecule has 0 heterocycles. The molecule has 2 rings (SSSR count). The van der Waals surface area contributed by atoms with Gasteiger partial charge in [0.1, 0.15) is 0 Å². The first-order valence-corrected chi connectivity index (χ1v) is 7.99. The van der Waals surface area contributed by atoms with Crippen molar-refractivity contribution in [2.75, 3.05) is 20.6 Å². The second-order valence-corrected chi connectivity index (χ2v) is 6.83. The Kier molecular flexibility index (Phi) is 5.22. The highest BCUT2D eigenvalue weighted by Gasteiger charge is 2.36. The Balaban J connectivity index is 1.99. The maximum atomic E-state index is 3.77. The molecule has 112 valence electrons. The van der Waals surface area contributed by atoms with E-state index in [0.29, 0.717) is 11.6 Å². The van der Waals surface area contributed by atoms with E-state index >= 15 is 0 Å². The van der Waals surface area contributed by atoms with E-state index in [-0.39, 0.29) is 0 Å². The third-order valence-electron chi connectivity index (χ3n) is 5.05. The minimum Gasteiger partial charge on any atom is -0.308 e. The maximum absolute atomic E-state index is 3.77. The van der Waals surface area contributed by atoms with E-state index in [0.717, 1.165) is 12.5 Å². The quantitative estimate of drug-likeness (QED) is 0.877. The van der Waals surface area contributed by atoms with Crippen LogP contribution in [0.4, 0.5) is 0 Å². The van der Waals surface area contributed by atoms with Crippen LogP contribution in [0.15, 0.2) is 30.3 Å². The number of nitrogens with one attached hydrogen (secondary N) is 1. The lowest BCUT2D eigenvalue weighted by molar-refractivity contribution is 0.0728. The number of benzene rings is 1. The molecule has 1 N–H and O–H groups in total. The molecular formula is C18H30N2. The lowest BCUT2D eigenvalue weighted by atomic mass is 9.75. The molecule has 3 atom stereocenters. The van der Waals surface area contributed by atoms with E-state index in [2.05, 4.69) is 68.5 Å². The lowest BCUT2D eigenvalue weighted by Crippen LogP contribution is -2.54. The molecule has 0 spiro atoms. The molecule has 20 heavy (non-hydrogen) atoms. The first kappa shape index (κ1) is 15.5. The summed E-state index contributed by atoms with van der Waals surface area (Å²) in [6.45, 7) is 5.75. The lowest BCUT2D eigenvalue weighted by Gasteiger charge is -2.46. The van der Waals surface area contributed by atoms with Crippen molar-refractivity contribution in [1.82, 2.24) is 10.2 Å². The Labute approximate surface area is 124 Å². The topological polar surface area (TPSA) is 15.3 Å². The molecule has 1 aromatic rings. The van der Waals surface area contributed by atoms with Gasteiger partial charge in [0.25, 0.3) is 0 Å². The van der Waals surface area contributed by atoms with Gasteiger partial charge in [-0.15, -0.1) is 0 Å². The third kappa shape index (κ3) is 3.62. The smallest absolute Gasteiger partial charge is 0.0330 e. The summed E-state index contributed by atoms with van der Waals surface area (Å²) in [4.78, 5) is 2.45. The van der Waals surface area contributed by atoms with Crippen molar-refractivity contribution in [3.8, 4) is 0 Å². The van der Waals surface area contributed by atoms with Crippen LogP contribution >= 0.6 is 0 Å². The number of hydrogen-bond acceptors (Lipinski definition) is 2. The van der Waals surface area contributed by atoms with Crippen LogP contribution in [0.5, 0.6) is 0 Å². The Morgan fingerprint density at radius 1 is 1.30 bits per heavy atom. The van der Waals surface area contributed by atoms with Gasteiger partial charge in [0.05, 0.1) is 0 Å². The minimum absolute atomic E-state index is 0.334. The molecule has 0 radical (unpaired) electrons. The zero-order valence-electron chi connectivity index (χ0n) is 13.5. The van der Waals surface area contributed by atoms with Gasteiger partial charge in [-0.2, -0.15) is 0 Å². The molecule has 1 fully saturated rings. The Bertz CT molecular complexity index is 401. The molecule has 1 aliphatic rings. The number of rotatable bonds is 5. The molecule has 0 amide bonds.